The number of primary amides is 1. The van der Waals surface area contributed by atoms with Crippen molar-refractivity contribution in [1.29, 1.82) is 0 Å². The highest BCUT2D eigenvalue weighted by atomic mass is 16.5. The van der Waals surface area contributed by atoms with Gasteiger partial charge in [0.25, 0.3) is 5.91 Å². The van der Waals surface area contributed by atoms with E-state index in [0.29, 0.717) is 11.3 Å². The van der Waals surface area contributed by atoms with E-state index in [4.69, 9.17) is 16.2 Å². The first-order chi connectivity index (χ1) is 10.4. The molecule has 0 radical (unpaired) electrons. The molecule has 0 saturated carbocycles. The second kappa shape index (κ2) is 6.30. The van der Waals surface area contributed by atoms with Crippen LogP contribution in [0.4, 0.5) is 5.82 Å². The Morgan fingerprint density at radius 1 is 1.27 bits per heavy atom. The lowest BCUT2D eigenvalue weighted by molar-refractivity contribution is -0.144. The maximum absolute atomic E-state index is 11.7. The summed E-state index contributed by atoms with van der Waals surface area (Å²) >= 11 is 0. The maximum atomic E-state index is 11.7. The predicted molar refractivity (Wildman–Crippen MR) is 82.0 cm³/mol. The Kier molecular flexibility index (Phi) is 4.45. The molecule has 0 aliphatic rings. The molecule has 2 aromatic rings. The van der Waals surface area contributed by atoms with Crippen molar-refractivity contribution < 1.29 is 14.3 Å². The number of aromatic nitrogens is 2. The summed E-state index contributed by atoms with van der Waals surface area (Å²) < 4.78 is 6.09. The van der Waals surface area contributed by atoms with Gasteiger partial charge in [-0.25, -0.2) is 4.68 Å². The zero-order chi connectivity index (χ0) is 16.3. The molecule has 1 aromatic carbocycles. The smallest absolute Gasteiger partial charge is 0.327 e. The number of anilines is 1. The van der Waals surface area contributed by atoms with Crippen molar-refractivity contribution in [2.75, 3.05) is 12.3 Å². The topological polar surface area (TPSA) is 113 Å². The molecule has 7 heteroatoms. The third kappa shape index (κ3) is 3.08. The SMILES string of the molecule is CCOC(=O)Cn1nc(-c2ccc(C)cc2)c(C(N)=O)c1N. The average molecular weight is 302 g/mol. The van der Waals surface area contributed by atoms with Gasteiger partial charge in [0.05, 0.1) is 6.61 Å². The van der Waals surface area contributed by atoms with E-state index < -0.39 is 11.9 Å². The van der Waals surface area contributed by atoms with Crippen LogP contribution in [0.1, 0.15) is 22.8 Å². The van der Waals surface area contributed by atoms with Crippen LogP contribution in [-0.4, -0.2) is 28.3 Å². The first-order valence-electron chi connectivity index (χ1n) is 6.82. The van der Waals surface area contributed by atoms with Gasteiger partial charge >= 0.3 is 5.97 Å². The molecule has 1 aromatic heterocycles. The first-order valence-corrected chi connectivity index (χ1v) is 6.82. The van der Waals surface area contributed by atoms with Crippen LogP contribution in [0.25, 0.3) is 11.3 Å². The summed E-state index contributed by atoms with van der Waals surface area (Å²) in [4.78, 5) is 23.3. The van der Waals surface area contributed by atoms with Crippen molar-refractivity contribution in [1.82, 2.24) is 9.78 Å². The highest BCUT2D eigenvalue weighted by molar-refractivity contribution is 6.03. The van der Waals surface area contributed by atoms with E-state index in [9.17, 15) is 9.59 Å². The van der Waals surface area contributed by atoms with Crippen molar-refractivity contribution in [2.24, 2.45) is 5.73 Å². The standard InChI is InChI=1S/C15H18N4O3/c1-3-22-11(20)8-19-14(16)12(15(17)21)13(18-19)10-6-4-9(2)5-7-10/h4-7H,3,8,16H2,1-2H3,(H2,17,21). The van der Waals surface area contributed by atoms with Crippen LogP contribution >= 0.6 is 0 Å². The number of hydrogen-bond acceptors (Lipinski definition) is 5. The lowest BCUT2D eigenvalue weighted by atomic mass is 10.1. The normalized spacial score (nSPS) is 10.5. The molecule has 2 rings (SSSR count). The molecule has 0 bridgehead atoms. The van der Waals surface area contributed by atoms with Crippen LogP contribution in [-0.2, 0) is 16.1 Å². The van der Waals surface area contributed by atoms with Crippen molar-refractivity contribution in [3.63, 3.8) is 0 Å². The number of esters is 1. The van der Waals surface area contributed by atoms with Crippen LogP contribution in [0.3, 0.4) is 0 Å². The van der Waals surface area contributed by atoms with E-state index in [1.807, 2.05) is 31.2 Å². The number of nitrogens with two attached hydrogens (primary N) is 2. The summed E-state index contributed by atoms with van der Waals surface area (Å²) in [6, 6.07) is 7.41. The fraction of sp³-hybridized carbons (Fsp3) is 0.267. The van der Waals surface area contributed by atoms with Gasteiger partial charge in [0.1, 0.15) is 23.6 Å². The number of ether oxygens (including phenoxy) is 1. The van der Waals surface area contributed by atoms with Crippen molar-refractivity contribution in [3.05, 3.63) is 35.4 Å². The lowest BCUT2D eigenvalue weighted by Gasteiger charge is -2.03. The van der Waals surface area contributed by atoms with Gasteiger partial charge in [-0.1, -0.05) is 29.8 Å². The van der Waals surface area contributed by atoms with Crippen LogP contribution in [0, 0.1) is 6.92 Å². The van der Waals surface area contributed by atoms with Crippen molar-refractivity contribution >= 4 is 17.7 Å². The molecule has 22 heavy (non-hydrogen) atoms. The van der Waals surface area contributed by atoms with Crippen LogP contribution in [0.2, 0.25) is 0 Å². The van der Waals surface area contributed by atoms with E-state index in [0.717, 1.165) is 5.56 Å². The Morgan fingerprint density at radius 2 is 1.91 bits per heavy atom. The summed E-state index contributed by atoms with van der Waals surface area (Å²) in [5.41, 5.74) is 13.5. The van der Waals surface area contributed by atoms with Gasteiger partial charge in [-0.3, -0.25) is 9.59 Å². The number of carbonyl (C=O) groups excluding carboxylic acids is 2. The minimum atomic E-state index is -0.691. The molecule has 1 amide bonds. The number of carbonyl (C=O) groups is 2. The second-order valence-electron chi connectivity index (χ2n) is 4.80. The number of rotatable bonds is 5. The fourth-order valence-corrected chi connectivity index (χ4v) is 2.08. The summed E-state index contributed by atoms with van der Waals surface area (Å²) in [6.07, 6.45) is 0. The van der Waals surface area contributed by atoms with Gasteiger partial charge < -0.3 is 16.2 Å². The zero-order valence-electron chi connectivity index (χ0n) is 12.5. The minimum absolute atomic E-state index is 0.0520. The van der Waals surface area contributed by atoms with E-state index >= 15 is 0 Å². The van der Waals surface area contributed by atoms with Gasteiger partial charge in [-0.2, -0.15) is 5.10 Å². The Hall–Kier alpha value is -2.83. The average Bonchev–Trinajstić information content (AvgIpc) is 2.77. The zero-order valence-corrected chi connectivity index (χ0v) is 12.5. The van der Waals surface area contributed by atoms with Gasteiger partial charge in [0.2, 0.25) is 0 Å². The monoisotopic (exact) mass is 302 g/mol. The first kappa shape index (κ1) is 15.6. The molecular formula is C15H18N4O3. The highest BCUT2D eigenvalue weighted by Crippen LogP contribution is 2.27. The summed E-state index contributed by atoms with van der Waals surface area (Å²) in [5, 5.41) is 4.24. The van der Waals surface area contributed by atoms with E-state index in [1.54, 1.807) is 6.92 Å². The number of benzene rings is 1. The second-order valence-corrected chi connectivity index (χ2v) is 4.80. The molecule has 0 fully saturated rings. The molecule has 0 unspecified atom stereocenters. The number of hydrogen-bond donors (Lipinski definition) is 2. The number of amides is 1. The molecule has 0 atom stereocenters. The third-order valence-electron chi connectivity index (χ3n) is 3.15. The van der Waals surface area contributed by atoms with Gasteiger partial charge in [0, 0.05) is 5.56 Å². The van der Waals surface area contributed by atoms with Crippen molar-refractivity contribution in [2.45, 2.75) is 20.4 Å². The van der Waals surface area contributed by atoms with Gasteiger partial charge in [0.15, 0.2) is 0 Å². The fourth-order valence-electron chi connectivity index (χ4n) is 2.08. The predicted octanol–water partition coefficient (Wildman–Crippen LogP) is 1.10. The lowest BCUT2D eigenvalue weighted by Crippen LogP contribution is -2.18. The van der Waals surface area contributed by atoms with E-state index in [-0.39, 0.29) is 24.5 Å². The van der Waals surface area contributed by atoms with Crippen LogP contribution in [0.5, 0.6) is 0 Å². The van der Waals surface area contributed by atoms with Gasteiger partial charge in [-0.05, 0) is 13.8 Å². The Labute approximate surface area is 127 Å². The molecule has 7 nitrogen and oxygen atoms in total. The molecule has 1 heterocycles. The number of aryl methyl sites for hydroxylation is 1. The van der Waals surface area contributed by atoms with Gasteiger partial charge in [-0.15, -0.1) is 0 Å². The summed E-state index contributed by atoms with van der Waals surface area (Å²) in [7, 11) is 0. The molecule has 0 aliphatic carbocycles. The van der Waals surface area contributed by atoms with E-state index in [2.05, 4.69) is 5.10 Å². The quantitative estimate of drug-likeness (QED) is 0.803. The minimum Gasteiger partial charge on any atom is -0.465 e. The molecule has 0 spiro atoms. The molecular weight excluding hydrogens is 284 g/mol. The Morgan fingerprint density at radius 3 is 2.45 bits per heavy atom. The van der Waals surface area contributed by atoms with E-state index in [1.165, 1.54) is 4.68 Å². The molecule has 0 aliphatic heterocycles. The summed E-state index contributed by atoms with van der Waals surface area (Å²) in [6.45, 7) is 3.74. The van der Waals surface area contributed by atoms with Crippen LogP contribution in [0.15, 0.2) is 24.3 Å². The number of nitrogens with zero attached hydrogens (tertiary/aromatic N) is 2. The Bertz CT molecular complexity index is 704. The molecule has 116 valence electrons. The molecule has 0 saturated heterocycles. The third-order valence-corrected chi connectivity index (χ3v) is 3.15. The molecule has 4 N–H and O–H groups in total. The highest BCUT2D eigenvalue weighted by Gasteiger charge is 2.22. The Balaban J connectivity index is 2.47. The maximum Gasteiger partial charge on any atom is 0.327 e. The van der Waals surface area contributed by atoms with Crippen molar-refractivity contribution in [3.8, 4) is 11.3 Å². The summed E-state index contributed by atoms with van der Waals surface area (Å²) in [5.74, 6) is -1.12. The van der Waals surface area contributed by atoms with Crippen LogP contribution < -0.4 is 11.5 Å². The largest absolute Gasteiger partial charge is 0.465 e. The number of nitrogen functional groups attached to an aromatic ring is 1.